The predicted octanol–water partition coefficient (Wildman–Crippen LogP) is -0.825. The van der Waals surface area contributed by atoms with Crippen molar-refractivity contribution in [1.82, 2.24) is 20.4 Å². The van der Waals surface area contributed by atoms with E-state index in [1.807, 2.05) is 6.92 Å². The van der Waals surface area contributed by atoms with Crippen LogP contribution in [0.1, 0.15) is 33.1 Å². The maximum Gasteiger partial charge on any atom is 0.353 e. The molecule has 5 N–H and O–H groups in total. The van der Waals surface area contributed by atoms with E-state index >= 15 is 0 Å². The number of β-lactam (4-membered cyclic amide) rings is 1. The zero-order valence-electron chi connectivity index (χ0n) is 19.2. The van der Waals surface area contributed by atoms with E-state index in [-0.39, 0.29) is 53.2 Å². The number of likely N-dealkylation sites (N-methyl/N-ethyl adjacent to an activating group) is 1. The van der Waals surface area contributed by atoms with Crippen molar-refractivity contribution in [2.24, 2.45) is 11.8 Å². The topological polar surface area (TPSA) is 142 Å². The molecular weight excluding hydrogens is 448 g/mol. The molecule has 4 aliphatic heterocycles. The number of amides is 2. The number of carbonyl (C=O) groups excluding carboxylic acids is 2. The summed E-state index contributed by atoms with van der Waals surface area (Å²) in [6, 6.07) is -0.426. The average Bonchev–Trinajstić information content (AvgIpc) is 3.48. The van der Waals surface area contributed by atoms with Gasteiger partial charge in [0.05, 0.1) is 30.6 Å². The molecule has 3 fully saturated rings. The monoisotopic (exact) mass is 482 g/mol. The molecule has 0 aliphatic carbocycles. The molecule has 4 heterocycles. The number of hydrogen-bond acceptors (Lipinski definition) is 8. The number of carbonyl (C=O) groups is 3. The number of aliphatic hydroxyl groups is 2. The molecule has 0 aromatic heterocycles. The molecule has 184 valence electrons. The van der Waals surface area contributed by atoms with Gasteiger partial charge in [-0.3, -0.25) is 9.59 Å². The van der Waals surface area contributed by atoms with E-state index in [0.29, 0.717) is 17.9 Å². The van der Waals surface area contributed by atoms with Crippen LogP contribution < -0.4 is 10.6 Å². The number of thioether (sulfide) groups is 1. The Hall–Kier alpha value is -1.66. The highest BCUT2D eigenvalue weighted by Gasteiger charge is 2.60. The summed E-state index contributed by atoms with van der Waals surface area (Å²) in [7, 11) is 1.78. The molecule has 4 rings (SSSR count). The Kier molecular flexibility index (Phi) is 7.07. The summed E-state index contributed by atoms with van der Waals surface area (Å²) < 4.78 is 0. The van der Waals surface area contributed by atoms with Gasteiger partial charge in [-0.05, 0) is 26.3 Å². The molecule has 7 unspecified atom stereocenters. The van der Waals surface area contributed by atoms with Crippen LogP contribution in [0.25, 0.3) is 0 Å². The maximum atomic E-state index is 12.6. The Morgan fingerprint density at radius 2 is 2.03 bits per heavy atom. The third-order valence-corrected chi connectivity index (χ3v) is 9.06. The number of aliphatic hydroxyl groups excluding tert-OH is 2. The number of carboxylic acid groups (broad SMARTS) is 1. The van der Waals surface area contributed by atoms with Gasteiger partial charge in [0.2, 0.25) is 11.8 Å². The molecule has 0 aromatic rings. The third-order valence-electron chi connectivity index (χ3n) is 7.55. The fraction of sp³-hybridized carbons (Fsp3) is 0.773. The Morgan fingerprint density at radius 3 is 2.64 bits per heavy atom. The Morgan fingerprint density at radius 1 is 1.30 bits per heavy atom. The van der Waals surface area contributed by atoms with Gasteiger partial charge in [0.25, 0.3) is 0 Å². The minimum absolute atomic E-state index is 0.0158. The van der Waals surface area contributed by atoms with E-state index < -0.39 is 24.1 Å². The lowest BCUT2D eigenvalue weighted by molar-refractivity contribution is -0.163. The van der Waals surface area contributed by atoms with Crippen LogP contribution in [0.15, 0.2) is 10.6 Å². The second-order valence-electron chi connectivity index (χ2n) is 9.68. The predicted molar refractivity (Wildman–Crippen MR) is 122 cm³/mol. The van der Waals surface area contributed by atoms with E-state index in [9.17, 15) is 29.7 Å². The average molecular weight is 483 g/mol. The molecule has 33 heavy (non-hydrogen) atoms. The number of nitrogens with zero attached hydrogens (tertiary/aromatic N) is 2. The number of carboxylic acids is 1. The van der Waals surface area contributed by atoms with E-state index in [2.05, 4.69) is 10.6 Å². The van der Waals surface area contributed by atoms with Crippen LogP contribution in [0.5, 0.6) is 0 Å². The fourth-order valence-corrected chi connectivity index (χ4v) is 7.11. The zero-order chi connectivity index (χ0) is 24.0. The summed E-state index contributed by atoms with van der Waals surface area (Å²) in [6.45, 7) is 5.70. The van der Waals surface area contributed by atoms with E-state index in [1.165, 1.54) is 16.7 Å². The summed E-state index contributed by atoms with van der Waals surface area (Å²) >= 11 is 1.44. The Labute approximate surface area is 197 Å². The summed E-state index contributed by atoms with van der Waals surface area (Å²) in [5.41, 5.74) is 0.0189. The number of rotatable bonds is 8. The van der Waals surface area contributed by atoms with Gasteiger partial charge in [-0.2, -0.15) is 0 Å². The van der Waals surface area contributed by atoms with E-state index in [4.69, 9.17) is 0 Å². The first-order valence-corrected chi connectivity index (χ1v) is 12.5. The quantitative estimate of drug-likeness (QED) is 0.280. The standard InChI is InChI=1S/C22H34N4O6S/c1-10-18-17(11(2)27)21(30)26(18)19(22(31)32)20(10)33-13-6-14(24-9-13)15(28)7-16(29)25(3)12-4-5-23-8-12/h10-15,17-18,23-24,27-28H,4-9H2,1-3H3,(H,31,32)/t10?,11?,12?,13?,14?,15?,17?,18-/m1/s1. The lowest BCUT2D eigenvalue weighted by Gasteiger charge is -2.46. The van der Waals surface area contributed by atoms with Gasteiger partial charge >= 0.3 is 5.97 Å². The van der Waals surface area contributed by atoms with Crippen LogP contribution in [0, 0.1) is 11.8 Å². The van der Waals surface area contributed by atoms with Crippen LogP contribution in [0.2, 0.25) is 0 Å². The van der Waals surface area contributed by atoms with Gasteiger partial charge in [0, 0.05) is 48.3 Å². The van der Waals surface area contributed by atoms with Gasteiger partial charge < -0.3 is 35.8 Å². The van der Waals surface area contributed by atoms with E-state index in [0.717, 1.165) is 19.5 Å². The Balaban J connectivity index is 1.37. The molecular formula is C22H34N4O6S. The van der Waals surface area contributed by atoms with Gasteiger partial charge in [0.1, 0.15) is 5.70 Å². The van der Waals surface area contributed by atoms with Crippen LogP contribution in [-0.4, -0.2) is 105 Å². The first-order chi connectivity index (χ1) is 15.6. The molecule has 11 heteroatoms. The largest absolute Gasteiger partial charge is 0.477 e. The number of aliphatic carboxylic acids is 1. The number of fused-ring (bicyclic) bond motifs is 1. The molecule has 10 nitrogen and oxygen atoms in total. The molecule has 0 spiro atoms. The summed E-state index contributed by atoms with van der Waals surface area (Å²) in [5, 5.41) is 37.0. The first-order valence-electron chi connectivity index (χ1n) is 11.6. The smallest absolute Gasteiger partial charge is 0.353 e. The van der Waals surface area contributed by atoms with Crippen molar-refractivity contribution < 1.29 is 29.7 Å². The van der Waals surface area contributed by atoms with Crippen LogP contribution >= 0.6 is 11.8 Å². The highest BCUT2D eigenvalue weighted by Crippen LogP contribution is 2.51. The van der Waals surface area contributed by atoms with Crippen LogP contribution in [0.4, 0.5) is 0 Å². The summed E-state index contributed by atoms with van der Waals surface area (Å²) in [6.07, 6.45) is -0.106. The third kappa shape index (κ3) is 4.41. The zero-order valence-corrected chi connectivity index (χ0v) is 20.0. The van der Waals surface area contributed by atoms with Crippen molar-refractivity contribution in [3.63, 3.8) is 0 Å². The van der Waals surface area contributed by atoms with Gasteiger partial charge in [-0.1, -0.05) is 6.92 Å². The van der Waals surface area contributed by atoms with E-state index in [1.54, 1.807) is 18.9 Å². The SMILES string of the molecule is CC(O)C1C(=O)N2C(C(=O)O)=C(SC3CNC(C(O)CC(=O)N(C)C4CCNC4)C3)C(C)[C@H]12. The van der Waals surface area contributed by atoms with Crippen molar-refractivity contribution in [2.75, 3.05) is 26.7 Å². The Bertz CT molecular complexity index is 845. The van der Waals surface area contributed by atoms with Gasteiger partial charge in [-0.25, -0.2) is 4.79 Å². The molecule has 3 saturated heterocycles. The van der Waals surface area contributed by atoms with Crippen molar-refractivity contribution in [3.05, 3.63) is 10.6 Å². The van der Waals surface area contributed by atoms with Crippen LogP contribution in [0.3, 0.4) is 0 Å². The summed E-state index contributed by atoms with van der Waals surface area (Å²) in [4.78, 5) is 40.8. The highest BCUT2D eigenvalue weighted by atomic mass is 32.2. The molecule has 4 aliphatic rings. The minimum atomic E-state index is -1.14. The van der Waals surface area contributed by atoms with Crippen molar-refractivity contribution in [2.45, 2.75) is 68.7 Å². The first kappa shape index (κ1) is 24.5. The lowest BCUT2D eigenvalue weighted by atomic mass is 9.79. The van der Waals surface area contributed by atoms with Crippen LogP contribution in [-0.2, 0) is 14.4 Å². The second-order valence-corrected chi connectivity index (χ2v) is 11.0. The summed E-state index contributed by atoms with van der Waals surface area (Å²) in [5.74, 6) is -2.32. The minimum Gasteiger partial charge on any atom is -0.477 e. The molecule has 8 atom stereocenters. The van der Waals surface area contributed by atoms with Crippen molar-refractivity contribution in [3.8, 4) is 0 Å². The second kappa shape index (κ2) is 9.53. The molecule has 0 radical (unpaired) electrons. The van der Waals surface area contributed by atoms with Crippen molar-refractivity contribution in [1.29, 1.82) is 0 Å². The fourth-order valence-electron chi connectivity index (χ4n) is 5.61. The number of hydrogen-bond donors (Lipinski definition) is 5. The molecule has 2 amide bonds. The molecule has 0 bridgehead atoms. The maximum absolute atomic E-state index is 12.6. The number of nitrogens with one attached hydrogen (secondary N) is 2. The van der Waals surface area contributed by atoms with Crippen molar-refractivity contribution >= 4 is 29.5 Å². The lowest BCUT2D eigenvalue weighted by Crippen LogP contribution is -2.63. The van der Waals surface area contributed by atoms with Gasteiger partial charge in [-0.15, -0.1) is 11.8 Å². The normalized spacial score (nSPS) is 35.4. The molecule has 0 aromatic carbocycles. The highest BCUT2D eigenvalue weighted by molar-refractivity contribution is 8.03. The molecule has 0 saturated carbocycles. The van der Waals surface area contributed by atoms with Gasteiger partial charge in [0.15, 0.2) is 0 Å².